The van der Waals surface area contributed by atoms with E-state index in [1.54, 1.807) is 0 Å². The van der Waals surface area contributed by atoms with Crippen LogP contribution in [0.1, 0.15) is 18.1 Å². The highest BCUT2D eigenvalue weighted by Gasteiger charge is 2.00. The molecule has 0 amide bonds. The average Bonchev–Trinajstić information content (AvgIpc) is 2.01. The first kappa shape index (κ1) is 11.2. The summed E-state index contributed by atoms with van der Waals surface area (Å²) in [5, 5.41) is 9.27. The molecule has 0 aliphatic rings. The highest BCUT2D eigenvalue weighted by Crippen LogP contribution is 2.09. The van der Waals surface area contributed by atoms with Gasteiger partial charge in [-0.25, -0.2) is 0 Å². The lowest BCUT2D eigenvalue weighted by Crippen LogP contribution is -2.11. The highest BCUT2D eigenvalue weighted by molar-refractivity contribution is 5.23. The van der Waals surface area contributed by atoms with Gasteiger partial charge in [-0.2, -0.15) is 0 Å². The SMILES string of the molecule is C[C@H](O)Cc1cccc(CN(C)C)c1. The Bertz CT molecular complexity index is 256. The summed E-state index contributed by atoms with van der Waals surface area (Å²) in [7, 11) is 4.11. The van der Waals surface area contributed by atoms with Crippen molar-refractivity contribution in [3.8, 4) is 0 Å². The lowest BCUT2D eigenvalue weighted by molar-refractivity contribution is 0.195. The standard InChI is InChI=1S/C12H19NO/c1-10(14)7-11-5-4-6-12(8-11)9-13(2)3/h4-6,8,10,14H,7,9H2,1-3H3/t10-/m0/s1. The summed E-state index contributed by atoms with van der Waals surface area (Å²) in [4.78, 5) is 2.14. The van der Waals surface area contributed by atoms with Gasteiger partial charge in [-0.05, 0) is 38.6 Å². The Hall–Kier alpha value is -0.860. The van der Waals surface area contributed by atoms with Gasteiger partial charge in [0.2, 0.25) is 0 Å². The van der Waals surface area contributed by atoms with Crippen molar-refractivity contribution in [3.63, 3.8) is 0 Å². The van der Waals surface area contributed by atoms with Gasteiger partial charge in [-0.3, -0.25) is 0 Å². The van der Waals surface area contributed by atoms with Crippen LogP contribution in [0.2, 0.25) is 0 Å². The molecule has 1 atom stereocenters. The van der Waals surface area contributed by atoms with Crippen LogP contribution in [0.5, 0.6) is 0 Å². The van der Waals surface area contributed by atoms with Gasteiger partial charge in [0, 0.05) is 6.54 Å². The van der Waals surface area contributed by atoms with Crippen LogP contribution >= 0.6 is 0 Å². The molecule has 0 unspecified atom stereocenters. The Labute approximate surface area is 86.2 Å². The minimum Gasteiger partial charge on any atom is -0.393 e. The molecule has 0 saturated carbocycles. The summed E-state index contributed by atoms with van der Waals surface area (Å²) in [5.74, 6) is 0. The fourth-order valence-corrected chi connectivity index (χ4v) is 1.56. The maximum absolute atomic E-state index is 9.27. The average molecular weight is 193 g/mol. The third kappa shape index (κ3) is 3.90. The maximum Gasteiger partial charge on any atom is 0.0552 e. The summed E-state index contributed by atoms with van der Waals surface area (Å²) in [6.07, 6.45) is 0.478. The van der Waals surface area contributed by atoms with Crippen molar-refractivity contribution < 1.29 is 5.11 Å². The van der Waals surface area contributed by atoms with Gasteiger partial charge in [0.15, 0.2) is 0 Å². The molecule has 0 radical (unpaired) electrons. The minimum atomic E-state index is -0.260. The molecule has 0 aromatic heterocycles. The van der Waals surface area contributed by atoms with Crippen molar-refractivity contribution in [2.45, 2.75) is 26.0 Å². The molecule has 2 nitrogen and oxygen atoms in total. The molecular formula is C12H19NO. The Morgan fingerprint density at radius 1 is 1.29 bits per heavy atom. The van der Waals surface area contributed by atoms with E-state index in [2.05, 4.69) is 43.3 Å². The first-order valence-corrected chi connectivity index (χ1v) is 4.98. The van der Waals surface area contributed by atoms with Crippen LogP contribution in [0.3, 0.4) is 0 Å². The van der Waals surface area contributed by atoms with Crippen molar-refractivity contribution >= 4 is 0 Å². The van der Waals surface area contributed by atoms with Crippen LogP contribution < -0.4 is 0 Å². The highest BCUT2D eigenvalue weighted by atomic mass is 16.3. The van der Waals surface area contributed by atoms with E-state index in [9.17, 15) is 5.11 Å². The second-order valence-electron chi connectivity index (χ2n) is 4.11. The molecule has 0 fully saturated rings. The second kappa shape index (κ2) is 5.13. The fourth-order valence-electron chi connectivity index (χ4n) is 1.56. The lowest BCUT2D eigenvalue weighted by Gasteiger charge is -2.11. The lowest BCUT2D eigenvalue weighted by atomic mass is 10.1. The zero-order chi connectivity index (χ0) is 10.6. The van der Waals surface area contributed by atoms with E-state index in [1.807, 2.05) is 6.92 Å². The minimum absolute atomic E-state index is 0.260. The quantitative estimate of drug-likeness (QED) is 0.786. The number of rotatable bonds is 4. The predicted octanol–water partition coefficient (Wildman–Crippen LogP) is 1.67. The van der Waals surface area contributed by atoms with Gasteiger partial charge in [-0.15, -0.1) is 0 Å². The largest absolute Gasteiger partial charge is 0.393 e. The first-order chi connectivity index (χ1) is 6.58. The number of nitrogens with zero attached hydrogens (tertiary/aromatic N) is 1. The zero-order valence-electron chi connectivity index (χ0n) is 9.20. The summed E-state index contributed by atoms with van der Waals surface area (Å²) < 4.78 is 0. The Kier molecular flexibility index (Phi) is 4.11. The molecule has 1 aromatic carbocycles. The molecule has 0 saturated heterocycles. The van der Waals surface area contributed by atoms with Crippen molar-refractivity contribution in [2.75, 3.05) is 14.1 Å². The second-order valence-corrected chi connectivity index (χ2v) is 4.11. The molecule has 2 heteroatoms. The van der Waals surface area contributed by atoms with Crippen molar-refractivity contribution in [1.82, 2.24) is 4.90 Å². The van der Waals surface area contributed by atoms with Crippen LogP contribution in [-0.4, -0.2) is 30.2 Å². The third-order valence-electron chi connectivity index (χ3n) is 2.02. The molecule has 0 heterocycles. The summed E-state index contributed by atoms with van der Waals surface area (Å²) in [6, 6.07) is 8.39. The normalized spacial score (nSPS) is 13.2. The molecule has 1 aromatic rings. The van der Waals surface area contributed by atoms with E-state index in [-0.39, 0.29) is 6.10 Å². The van der Waals surface area contributed by atoms with Crippen LogP contribution in [0.4, 0.5) is 0 Å². The number of hydrogen-bond donors (Lipinski definition) is 1. The van der Waals surface area contributed by atoms with Gasteiger partial charge < -0.3 is 10.0 Å². The molecule has 1 N–H and O–H groups in total. The predicted molar refractivity (Wildman–Crippen MR) is 59.2 cm³/mol. The number of hydrogen-bond acceptors (Lipinski definition) is 2. The van der Waals surface area contributed by atoms with E-state index in [1.165, 1.54) is 11.1 Å². The topological polar surface area (TPSA) is 23.5 Å². The first-order valence-electron chi connectivity index (χ1n) is 4.98. The number of benzene rings is 1. The molecule has 0 spiro atoms. The molecule has 78 valence electrons. The van der Waals surface area contributed by atoms with Crippen LogP contribution in [0.25, 0.3) is 0 Å². The fraction of sp³-hybridized carbons (Fsp3) is 0.500. The van der Waals surface area contributed by atoms with E-state index in [0.29, 0.717) is 0 Å². The van der Waals surface area contributed by atoms with Crippen LogP contribution in [0.15, 0.2) is 24.3 Å². The van der Waals surface area contributed by atoms with Gasteiger partial charge in [0.1, 0.15) is 0 Å². The maximum atomic E-state index is 9.27. The molecule has 1 rings (SSSR count). The van der Waals surface area contributed by atoms with Gasteiger partial charge in [-0.1, -0.05) is 24.3 Å². The Morgan fingerprint density at radius 3 is 2.50 bits per heavy atom. The van der Waals surface area contributed by atoms with Crippen molar-refractivity contribution in [1.29, 1.82) is 0 Å². The molecule has 0 aliphatic heterocycles. The Morgan fingerprint density at radius 2 is 1.93 bits per heavy atom. The van der Waals surface area contributed by atoms with E-state index in [4.69, 9.17) is 0 Å². The monoisotopic (exact) mass is 193 g/mol. The molecule has 0 aliphatic carbocycles. The van der Waals surface area contributed by atoms with Crippen molar-refractivity contribution in [3.05, 3.63) is 35.4 Å². The third-order valence-corrected chi connectivity index (χ3v) is 2.02. The van der Waals surface area contributed by atoms with E-state index >= 15 is 0 Å². The summed E-state index contributed by atoms with van der Waals surface area (Å²) in [6.45, 7) is 2.77. The number of aliphatic hydroxyl groups excluding tert-OH is 1. The Balaban J connectivity index is 2.68. The molecular weight excluding hydrogens is 174 g/mol. The van der Waals surface area contributed by atoms with E-state index in [0.717, 1.165) is 13.0 Å². The van der Waals surface area contributed by atoms with Gasteiger partial charge >= 0.3 is 0 Å². The van der Waals surface area contributed by atoms with Gasteiger partial charge in [0.25, 0.3) is 0 Å². The van der Waals surface area contributed by atoms with Crippen LogP contribution in [0, 0.1) is 0 Å². The smallest absolute Gasteiger partial charge is 0.0552 e. The number of aliphatic hydroxyl groups is 1. The zero-order valence-corrected chi connectivity index (χ0v) is 9.20. The molecule has 14 heavy (non-hydrogen) atoms. The molecule has 0 bridgehead atoms. The summed E-state index contributed by atoms with van der Waals surface area (Å²) in [5.41, 5.74) is 2.51. The van der Waals surface area contributed by atoms with E-state index < -0.39 is 0 Å². The van der Waals surface area contributed by atoms with Crippen molar-refractivity contribution in [2.24, 2.45) is 0 Å². The summed E-state index contributed by atoms with van der Waals surface area (Å²) >= 11 is 0. The van der Waals surface area contributed by atoms with Crippen LogP contribution in [-0.2, 0) is 13.0 Å². The van der Waals surface area contributed by atoms with Gasteiger partial charge in [0.05, 0.1) is 6.10 Å².